The topological polar surface area (TPSA) is 105 Å². The van der Waals surface area contributed by atoms with Gasteiger partial charge in [0, 0.05) is 19.3 Å². The van der Waals surface area contributed by atoms with Crippen LogP contribution in [0.5, 0.6) is 0 Å². The Kier molecular flexibility index (Phi) is 3.85. The largest absolute Gasteiger partial charge is 0.481 e. The van der Waals surface area contributed by atoms with Gasteiger partial charge in [0.2, 0.25) is 14.9 Å². The van der Waals surface area contributed by atoms with Crippen molar-refractivity contribution in [1.29, 1.82) is 0 Å². The van der Waals surface area contributed by atoms with Crippen molar-refractivity contribution >= 4 is 21.7 Å². The summed E-state index contributed by atoms with van der Waals surface area (Å²) in [7, 11) is -3.50. The lowest BCUT2D eigenvalue weighted by Crippen LogP contribution is -2.42. The molecule has 1 saturated heterocycles. The monoisotopic (exact) mass is 301 g/mol. The number of amides is 1. The lowest BCUT2D eigenvalue weighted by molar-refractivity contribution is -0.143. The highest BCUT2D eigenvalue weighted by Crippen LogP contribution is 2.21. The lowest BCUT2D eigenvalue weighted by Gasteiger charge is -2.29. The summed E-state index contributed by atoms with van der Waals surface area (Å²) in [6.07, 6.45) is 2.12. The van der Waals surface area contributed by atoms with Crippen molar-refractivity contribution in [2.75, 3.05) is 19.3 Å². The second-order valence-corrected chi connectivity index (χ2v) is 6.77. The number of sulfone groups is 1. The summed E-state index contributed by atoms with van der Waals surface area (Å²) < 4.78 is 27.6. The maximum Gasteiger partial charge on any atom is 0.308 e. The van der Waals surface area contributed by atoms with E-state index in [4.69, 9.17) is 9.52 Å². The summed E-state index contributed by atoms with van der Waals surface area (Å²) >= 11 is 0. The van der Waals surface area contributed by atoms with Gasteiger partial charge >= 0.3 is 5.97 Å². The van der Waals surface area contributed by atoms with Gasteiger partial charge in [-0.25, -0.2) is 8.42 Å². The number of carboxylic acid groups (broad SMARTS) is 1. The highest BCUT2D eigenvalue weighted by Gasteiger charge is 2.30. The Bertz CT molecular complexity index is 632. The van der Waals surface area contributed by atoms with Crippen LogP contribution in [0.1, 0.15) is 23.4 Å². The maximum atomic E-state index is 12.2. The molecule has 1 atom stereocenters. The van der Waals surface area contributed by atoms with E-state index in [1.807, 2.05) is 0 Å². The van der Waals surface area contributed by atoms with E-state index in [0.717, 1.165) is 6.26 Å². The van der Waals surface area contributed by atoms with E-state index in [2.05, 4.69) is 0 Å². The zero-order valence-corrected chi connectivity index (χ0v) is 11.7. The molecule has 8 heteroatoms. The highest BCUT2D eigenvalue weighted by atomic mass is 32.2. The zero-order valence-electron chi connectivity index (χ0n) is 10.9. The molecule has 0 spiro atoms. The van der Waals surface area contributed by atoms with Crippen molar-refractivity contribution in [3.8, 4) is 0 Å². The Morgan fingerprint density at radius 1 is 1.40 bits per heavy atom. The molecule has 0 aromatic carbocycles. The van der Waals surface area contributed by atoms with Crippen molar-refractivity contribution < 1.29 is 27.5 Å². The molecule has 2 heterocycles. The molecule has 2 rings (SSSR count). The summed E-state index contributed by atoms with van der Waals surface area (Å²) in [5.74, 6) is -2.09. The molecule has 1 aromatic rings. The zero-order chi connectivity index (χ0) is 14.9. The molecule has 0 radical (unpaired) electrons. The molecule has 7 nitrogen and oxygen atoms in total. The minimum Gasteiger partial charge on any atom is -0.481 e. The predicted octanol–water partition coefficient (Wildman–Crippen LogP) is 0.620. The number of hydrogen-bond donors (Lipinski definition) is 1. The van der Waals surface area contributed by atoms with Gasteiger partial charge in [-0.15, -0.1) is 0 Å². The first-order valence-corrected chi connectivity index (χ1v) is 8.00. The van der Waals surface area contributed by atoms with Crippen molar-refractivity contribution in [3.63, 3.8) is 0 Å². The fourth-order valence-corrected chi connectivity index (χ4v) is 2.71. The van der Waals surface area contributed by atoms with Crippen LogP contribution < -0.4 is 0 Å². The van der Waals surface area contributed by atoms with Gasteiger partial charge in [0.15, 0.2) is 5.76 Å². The van der Waals surface area contributed by atoms with Crippen LogP contribution in [-0.4, -0.2) is 49.6 Å². The number of likely N-dealkylation sites (tertiary alicyclic amines) is 1. The van der Waals surface area contributed by atoms with E-state index < -0.39 is 27.6 Å². The predicted molar refractivity (Wildman–Crippen MR) is 68.1 cm³/mol. The van der Waals surface area contributed by atoms with Crippen LogP contribution >= 0.6 is 0 Å². The van der Waals surface area contributed by atoms with Crippen LogP contribution in [-0.2, 0) is 14.6 Å². The molecule has 1 aliphatic heterocycles. The first kappa shape index (κ1) is 14.6. The normalized spacial score (nSPS) is 19.9. The quantitative estimate of drug-likeness (QED) is 0.877. The minimum absolute atomic E-state index is 0.0866. The molecule has 1 aromatic heterocycles. The molecule has 1 fully saturated rings. The SMILES string of the molecule is CS(=O)(=O)c1ccc(C(=O)N2CCC[C@H](C(=O)O)C2)o1. The standard InChI is InChI=1S/C12H15NO6S/c1-20(17,18)10-5-4-9(19-10)11(14)13-6-2-3-8(7-13)12(15)16/h4-5,8H,2-3,6-7H2,1H3,(H,15,16)/t8-/m0/s1. The van der Waals surface area contributed by atoms with Crippen molar-refractivity contribution in [2.24, 2.45) is 5.92 Å². The van der Waals surface area contributed by atoms with Gasteiger partial charge < -0.3 is 14.4 Å². The second-order valence-electron chi connectivity index (χ2n) is 4.82. The lowest BCUT2D eigenvalue weighted by atomic mass is 9.98. The van der Waals surface area contributed by atoms with Gasteiger partial charge in [0.1, 0.15) is 0 Å². The van der Waals surface area contributed by atoms with E-state index in [0.29, 0.717) is 19.4 Å². The first-order chi connectivity index (χ1) is 9.29. The molecule has 1 N–H and O–H groups in total. The molecular formula is C12H15NO6S. The third-order valence-corrected chi connectivity index (χ3v) is 4.17. The number of carbonyl (C=O) groups is 2. The number of furan rings is 1. The van der Waals surface area contributed by atoms with E-state index in [1.54, 1.807) is 0 Å². The fraction of sp³-hybridized carbons (Fsp3) is 0.500. The average Bonchev–Trinajstić information content (AvgIpc) is 2.87. The molecule has 110 valence electrons. The summed E-state index contributed by atoms with van der Waals surface area (Å²) in [4.78, 5) is 24.5. The van der Waals surface area contributed by atoms with Crippen LogP contribution in [0.25, 0.3) is 0 Å². The number of aliphatic carboxylic acids is 1. The fourth-order valence-electron chi connectivity index (χ4n) is 2.15. The molecule has 0 bridgehead atoms. The number of hydrogen-bond acceptors (Lipinski definition) is 5. The molecule has 0 unspecified atom stereocenters. The minimum atomic E-state index is -3.50. The van der Waals surface area contributed by atoms with Gasteiger partial charge in [-0.3, -0.25) is 9.59 Å². The summed E-state index contributed by atoms with van der Waals surface area (Å²) in [5.41, 5.74) is 0. The first-order valence-electron chi connectivity index (χ1n) is 6.11. The second kappa shape index (κ2) is 5.28. The third-order valence-electron chi connectivity index (χ3n) is 3.22. The summed E-state index contributed by atoms with van der Waals surface area (Å²) in [6, 6.07) is 2.52. The maximum absolute atomic E-state index is 12.2. The van der Waals surface area contributed by atoms with Crippen LogP contribution in [0, 0.1) is 5.92 Å². The van der Waals surface area contributed by atoms with Crippen LogP contribution in [0.4, 0.5) is 0 Å². The number of piperidine rings is 1. The number of nitrogens with zero attached hydrogens (tertiary/aromatic N) is 1. The Morgan fingerprint density at radius 2 is 2.10 bits per heavy atom. The van der Waals surface area contributed by atoms with Gasteiger partial charge in [-0.2, -0.15) is 0 Å². The van der Waals surface area contributed by atoms with Crippen molar-refractivity contribution in [1.82, 2.24) is 4.90 Å². The number of carbonyl (C=O) groups excluding carboxylic acids is 1. The molecule has 20 heavy (non-hydrogen) atoms. The Hall–Kier alpha value is -1.83. The Labute approximate surface area is 116 Å². The van der Waals surface area contributed by atoms with E-state index >= 15 is 0 Å². The Balaban J connectivity index is 2.15. The van der Waals surface area contributed by atoms with Gasteiger partial charge in [-0.1, -0.05) is 0 Å². The van der Waals surface area contributed by atoms with Crippen molar-refractivity contribution in [3.05, 3.63) is 17.9 Å². The number of carboxylic acids is 1. The molecule has 0 aliphatic carbocycles. The van der Waals surface area contributed by atoms with Gasteiger partial charge in [0.25, 0.3) is 5.91 Å². The smallest absolute Gasteiger partial charge is 0.308 e. The molecular weight excluding hydrogens is 286 g/mol. The highest BCUT2D eigenvalue weighted by molar-refractivity contribution is 7.90. The van der Waals surface area contributed by atoms with Gasteiger partial charge in [-0.05, 0) is 25.0 Å². The number of rotatable bonds is 3. The van der Waals surface area contributed by atoms with Crippen molar-refractivity contribution in [2.45, 2.75) is 17.9 Å². The average molecular weight is 301 g/mol. The van der Waals surface area contributed by atoms with E-state index in [1.165, 1.54) is 17.0 Å². The summed E-state index contributed by atoms with van der Waals surface area (Å²) in [6.45, 7) is 0.556. The molecule has 1 amide bonds. The van der Waals surface area contributed by atoms with Crippen LogP contribution in [0.2, 0.25) is 0 Å². The van der Waals surface area contributed by atoms with Gasteiger partial charge in [0.05, 0.1) is 5.92 Å². The van der Waals surface area contributed by atoms with E-state index in [9.17, 15) is 18.0 Å². The summed E-state index contributed by atoms with van der Waals surface area (Å²) in [5, 5.41) is 8.71. The third kappa shape index (κ3) is 3.01. The van der Waals surface area contributed by atoms with Crippen LogP contribution in [0.3, 0.4) is 0 Å². The van der Waals surface area contributed by atoms with Crippen LogP contribution in [0.15, 0.2) is 21.6 Å². The molecule has 1 aliphatic rings. The Morgan fingerprint density at radius 3 is 2.65 bits per heavy atom. The molecule has 0 saturated carbocycles. The van der Waals surface area contributed by atoms with E-state index in [-0.39, 0.29) is 17.4 Å².